The number of nitrogens with zero attached hydrogens (tertiary/aromatic N) is 1. The predicted octanol–water partition coefficient (Wildman–Crippen LogP) is 1.33. The zero-order chi connectivity index (χ0) is 15.7. The van der Waals surface area contributed by atoms with E-state index >= 15 is 0 Å². The molecule has 1 atom stereocenters. The van der Waals surface area contributed by atoms with Gasteiger partial charge in [0.25, 0.3) is 0 Å². The van der Waals surface area contributed by atoms with Gasteiger partial charge < -0.3 is 10.1 Å². The van der Waals surface area contributed by atoms with Crippen LogP contribution < -0.4 is 10.1 Å². The monoisotopic (exact) mass is 299 g/mol. The largest absolute Gasteiger partial charge is 0.490 e. The van der Waals surface area contributed by atoms with Crippen LogP contribution >= 0.6 is 0 Å². The average molecular weight is 299 g/mol. The number of ketones is 1. The van der Waals surface area contributed by atoms with Crippen LogP contribution in [0.1, 0.15) is 27.3 Å². The second-order valence-corrected chi connectivity index (χ2v) is 5.38. The van der Waals surface area contributed by atoms with Gasteiger partial charge in [-0.15, -0.1) is 0 Å². The maximum absolute atomic E-state index is 12.4. The normalized spacial score (nSPS) is 16.8. The van der Waals surface area contributed by atoms with Gasteiger partial charge in [-0.1, -0.05) is 12.1 Å². The number of fused-ring (bicyclic) bond motifs is 1. The lowest BCUT2D eigenvalue weighted by atomic mass is 10.0. The number of benzene rings is 1. The zero-order valence-electron chi connectivity index (χ0n) is 12.5. The molecule has 2 heterocycles. The third-order valence-corrected chi connectivity index (χ3v) is 3.83. The summed E-state index contributed by atoms with van der Waals surface area (Å²) in [5.74, 6) is 0.240. The lowest BCUT2D eigenvalue weighted by molar-refractivity contribution is -0.121. The van der Waals surface area contributed by atoms with Crippen LogP contribution in [0, 0.1) is 13.8 Å². The summed E-state index contributed by atoms with van der Waals surface area (Å²) >= 11 is 0. The Balaban J connectivity index is 1.69. The van der Waals surface area contributed by atoms with Gasteiger partial charge in [0.1, 0.15) is 18.4 Å². The molecule has 0 spiro atoms. The fraction of sp³-hybridized carbons (Fsp3) is 0.312. The van der Waals surface area contributed by atoms with Crippen molar-refractivity contribution in [3.63, 3.8) is 0 Å². The van der Waals surface area contributed by atoms with Gasteiger partial charge in [-0.05, 0) is 26.0 Å². The van der Waals surface area contributed by atoms with E-state index in [2.05, 4.69) is 15.5 Å². The molecular formula is C16H17N3O3. The third kappa shape index (κ3) is 2.59. The molecule has 0 aliphatic carbocycles. The summed E-state index contributed by atoms with van der Waals surface area (Å²) in [6.07, 6.45) is 0.194. The van der Waals surface area contributed by atoms with E-state index in [1.165, 1.54) is 0 Å². The summed E-state index contributed by atoms with van der Waals surface area (Å²) in [7, 11) is 0. The number of rotatable bonds is 3. The van der Waals surface area contributed by atoms with Crippen LogP contribution in [0.5, 0.6) is 5.75 Å². The summed E-state index contributed by atoms with van der Waals surface area (Å²) in [6, 6.07) is 6.41. The summed E-state index contributed by atoms with van der Waals surface area (Å²) in [5.41, 5.74) is 3.03. The molecule has 114 valence electrons. The molecule has 2 aromatic rings. The number of H-pyrrole nitrogens is 1. The summed E-state index contributed by atoms with van der Waals surface area (Å²) in [6.45, 7) is 3.87. The Morgan fingerprint density at radius 3 is 2.91 bits per heavy atom. The Hall–Kier alpha value is -2.63. The SMILES string of the molecule is Cc1n[nH]c(C)c1CC(=O)NC1COc2ccccc2C1=O. The van der Waals surface area contributed by atoms with Gasteiger partial charge >= 0.3 is 0 Å². The number of aryl methyl sites for hydroxylation is 2. The Kier molecular flexibility index (Phi) is 3.66. The first-order valence-electron chi connectivity index (χ1n) is 7.12. The fourth-order valence-electron chi connectivity index (χ4n) is 2.58. The zero-order valence-corrected chi connectivity index (χ0v) is 12.5. The lowest BCUT2D eigenvalue weighted by Gasteiger charge is -2.24. The minimum atomic E-state index is -0.644. The average Bonchev–Trinajstić information content (AvgIpc) is 2.82. The van der Waals surface area contributed by atoms with Crippen molar-refractivity contribution in [2.75, 3.05) is 6.61 Å². The molecule has 6 heteroatoms. The van der Waals surface area contributed by atoms with Gasteiger partial charge in [0.15, 0.2) is 5.78 Å². The first-order chi connectivity index (χ1) is 10.6. The third-order valence-electron chi connectivity index (χ3n) is 3.83. The molecule has 0 fully saturated rings. The molecule has 0 saturated carbocycles. The molecule has 1 unspecified atom stereocenters. The number of hydrogen-bond acceptors (Lipinski definition) is 4. The van der Waals surface area contributed by atoms with Gasteiger partial charge in [0.05, 0.1) is 17.7 Å². The van der Waals surface area contributed by atoms with Gasteiger partial charge in [-0.3, -0.25) is 14.7 Å². The van der Waals surface area contributed by atoms with Gasteiger partial charge in [-0.25, -0.2) is 0 Å². The molecule has 0 saturated heterocycles. The van der Waals surface area contributed by atoms with E-state index in [9.17, 15) is 9.59 Å². The predicted molar refractivity (Wildman–Crippen MR) is 80.0 cm³/mol. The number of aromatic amines is 1. The van der Waals surface area contributed by atoms with Crippen molar-refractivity contribution in [2.45, 2.75) is 26.3 Å². The van der Waals surface area contributed by atoms with E-state index in [4.69, 9.17) is 4.74 Å². The van der Waals surface area contributed by atoms with Crippen LogP contribution in [0.3, 0.4) is 0 Å². The second kappa shape index (κ2) is 5.63. The molecule has 1 aromatic heterocycles. The van der Waals surface area contributed by atoms with E-state index < -0.39 is 6.04 Å². The van der Waals surface area contributed by atoms with E-state index in [0.717, 1.165) is 17.0 Å². The summed E-state index contributed by atoms with van der Waals surface area (Å²) < 4.78 is 5.54. The van der Waals surface area contributed by atoms with Crippen molar-refractivity contribution < 1.29 is 14.3 Å². The number of amides is 1. The number of Topliss-reactive ketones (excluding diaryl/α,β-unsaturated/α-hetero) is 1. The van der Waals surface area contributed by atoms with E-state index in [-0.39, 0.29) is 24.7 Å². The molecule has 0 bridgehead atoms. The number of para-hydroxylation sites is 1. The smallest absolute Gasteiger partial charge is 0.225 e. The molecule has 2 N–H and O–H groups in total. The Morgan fingerprint density at radius 1 is 1.41 bits per heavy atom. The number of hydrogen-bond donors (Lipinski definition) is 2. The van der Waals surface area contributed by atoms with Gasteiger partial charge in [-0.2, -0.15) is 5.10 Å². The first-order valence-corrected chi connectivity index (χ1v) is 7.12. The number of nitrogens with one attached hydrogen (secondary N) is 2. The highest BCUT2D eigenvalue weighted by Gasteiger charge is 2.29. The lowest BCUT2D eigenvalue weighted by Crippen LogP contribution is -2.47. The maximum atomic E-state index is 12.4. The van der Waals surface area contributed by atoms with Crippen molar-refractivity contribution in [2.24, 2.45) is 0 Å². The molecule has 22 heavy (non-hydrogen) atoms. The van der Waals surface area contributed by atoms with E-state index in [1.807, 2.05) is 19.9 Å². The minimum absolute atomic E-state index is 0.115. The highest BCUT2D eigenvalue weighted by atomic mass is 16.5. The minimum Gasteiger partial charge on any atom is -0.490 e. The maximum Gasteiger partial charge on any atom is 0.225 e. The molecule has 1 aliphatic heterocycles. The van der Waals surface area contributed by atoms with Crippen LogP contribution in [-0.2, 0) is 11.2 Å². The van der Waals surface area contributed by atoms with Crippen molar-refractivity contribution >= 4 is 11.7 Å². The summed E-state index contributed by atoms with van der Waals surface area (Å²) in [4.78, 5) is 24.6. The van der Waals surface area contributed by atoms with Crippen LogP contribution in [0.4, 0.5) is 0 Å². The highest BCUT2D eigenvalue weighted by Crippen LogP contribution is 2.24. The van der Waals surface area contributed by atoms with E-state index in [1.54, 1.807) is 18.2 Å². The summed E-state index contributed by atoms with van der Waals surface area (Å²) in [5, 5.41) is 9.66. The number of carbonyl (C=O) groups excluding carboxylic acids is 2. The number of carbonyl (C=O) groups is 2. The molecule has 1 aromatic carbocycles. The first kappa shape index (κ1) is 14.3. The van der Waals surface area contributed by atoms with Crippen LogP contribution in [0.25, 0.3) is 0 Å². The number of aromatic nitrogens is 2. The second-order valence-electron chi connectivity index (χ2n) is 5.38. The Bertz CT molecular complexity index is 716. The quantitative estimate of drug-likeness (QED) is 0.895. The van der Waals surface area contributed by atoms with Crippen LogP contribution in [0.15, 0.2) is 24.3 Å². The molecule has 6 nitrogen and oxygen atoms in total. The van der Waals surface area contributed by atoms with Crippen molar-refractivity contribution in [1.29, 1.82) is 0 Å². The standard InChI is InChI=1S/C16H17N3O3/c1-9-12(10(2)19-18-9)7-15(20)17-13-8-22-14-6-4-3-5-11(14)16(13)21/h3-6,13H,7-8H2,1-2H3,(H,17,20)(H,18,19). The van der Waals surface area contributed by atoms with Crippen molar-refractivity contribution in [3.8, 4) is 5.75 Å². The van der Waals surface area contributed by atoms with E-state index in [0.29, 0.717) is 11.3 Å². The Labute approximate surface area is 127 Å². The van der Waals surface area contributed by atoms with Crippen molar-refractivity contribution in [1.82, 2.24) is 15.5 Å². The molecular weight excluding hydrogens is 282 g/mol. The fourth-order valence-corrected chi connectivity index (χ4v) is 2.58. The number of ether oxygens (including phenoxy) is 1. The molecule has 3 rings (SSSR count). The molecule has 0 radical (unpaired) electrons. The van der Waals surface area contributed by atoms with Crippen LogP contribution in [-0.4, -0.2) is 34.5 Å². The van der Waals surface area contributed by atoms with Crippen molar-refractivity contribution in [3.05, 3.63) is 46.8 Å². The highest BCUT2D eigenvalue weighted by molar-refractivity contribution is 6.05. The van der Waals surface area contributed by atoms with Gasteiger partial charge in [0.2, 0.25) is 5.91 Å². The molecule has 1 amide bonds. The topological polar surface area (TPSA) is 84.1 Å². The van der Waals surface area contributed by atoms with Crippen LogP contribution in [0.2, 0.25) is 0 Å². The Morgan fingerprint density at radius 2 is 2.18 bits per heavy atom. The molecule has 1 aliphatic rings. The van der Waals surface area contributed by atoms with Gasteiger partial charge in [0, 0.05) is 11.3 Å².